The lowest BCUT2D eigenvalue weighted by Gasteiger charge is -2.32. The first kappa shape index (κ1) is 18.7. The Hall–Kier alpha value is -3.62. The molecule has 4 rings (SSSR count). The Kier molecular flexibility index (Phi) is 5.03. The summed E-state index contributed by atoms with van der Waals surface area (Å²) >= 11 is 0. The van der Waals surface area contributed by atoms with Gasteiger partial charge in [-0.15, -0.1) is 4.73 Å². The number of benzene rings is 1. The molecule has 1 aliphatic rings. The SMILES string of the molecule is CNC(=O)N1CCC(c2ccc(Nc3nc(=O)n(O)c4ncccc34)cc2)CC1. The number of hydrogen-bond donors (Lipinski definition) is 3. The third-order valence-electron chi connectivity index (χ3n) is 5.27. The number of nitrogens with zero attached hydrogens (tertiary/aromatic N) is 4. The Balaban J connectivity index is 1.50. The van der Waals surface area contributed by atoms with Crippen molar-refractivity contribution in [2.24, 2.45) is 0 Å². The molecular weight excluding hydrogens is 372 g/mol. The maximum absolute atomic E-state index is 11.9. The van der Waals surface area contributed by atoms with E-state index >= 15 is 0 Å². The van der Waals surface area contributed by atoms with Crippen molar-refractivity contribution in [3.8, 4) is 0 Å². The number of likely N-dealkylation sites (tertiary alicyclic amines) is 1. The Labute approximate surface area is 167 Å². The molecule has 0 unspecified atom stereocenters. The van der Waals surface area contributed by atoms with Crippen LogP contribution in [0.25, 0.3) is 11.0 Å². The van der Waals surface area contributed by atoms with Gasteiger partial charge in [-0.05, 0) is 48.6 Å². The highest BCUT2D eigenvalue weighted by Gasteiger charge is 2.23. The van der Waals surface area contributed by atoms with Crippen molar-refractivity contribution in [2.75, 3.05) is 25.5 Å². The first-order chi connectivity index (χ1) is 14.1. The molecule has 1 saturated heterocycles. The highest BCUT2D eigenvalue weighted by Crippen LogP contribution is 2.29. The minimum Gasteiger partial charge on any atom is -0.422 e. The Bertz CT molecular complexity index is 1090. The molecule has 9 heteroatoms. The van der Waals surface area contributed by atoms with Crippen LogP contribution >= 0.6 is 0 Å². The summed E-state index contributed by atoms with van der Waals surface area (Å²) < 4.78 is 0.439. The van der Waals surface area contributed by atoms with E-state index in [2.05, 4.69) is 32.7 Å². The van der Waals surface area contributed by atoms with Gasteiger partial charge in [-0.2, -0.15) is 4.98 Å². The number of carbonyl (C=O) groups is 1. The third kappa shape index (κ3) is 3.71. The number of anilines is 2. The highest BCUT2D eigenvalue weighted by molar-refractivity contribution is 5.88. The summed E-state index contributed by atoms with van der Waals surface area (Å²) in [5.74, 6) is 0.751. The second-order valence-corrected chi connectivity index (χ2v) is 6.99. The van der Waals surface area contributed by atoms with E-state index in [0.29, 0.717) is 21.9 Å². The predicted octanol–water partition coefficient (Wildman–Crippen LogP) is 2.29. The van der Waals surface area contributed by atoms with Gasteiger partial charge in [0.15, 0.2) is 5.65 Å². The molecule has 1 aliphatic heterocycles. The van der Waals surface area contributed by atoms with Gasteiger partial charge in [0.2, 0.25) is 0 Å². The van der Waals surface area contributed by atoms with Gasteiger partial charge in [-0.1, -0.05) is 12.1 Å². The monoisotopic (exact) mass is 394 g/mol. The van der Waals surface area contributed by atoms with E-state index in [0.717, 1.165) is 31.6 Å². The summed E-state index contributed by atoms with van der Waals surface area (Å²) in [6, 6.07) is 11.4. The van der Waals surface area contributed by atoms with Crippen molar-refractivity contribution < 1.29 is 10.0 Å². The van der Waals surface area contributed by atoms with Crippen LogP contribution in [-0.4, -0.2) is 51.0 Å². The maximum atomic E-state index is 11.9. The van der Waals surface area contributed by atoms with Crippen molar-refractivity contribution >= 4 is 28.6 Å². The van der Waals surface area contributed by atoms with Gasteiger partial charge in [0.1, 0.15) is 5.82 Å². The molecule has 2 amide bonds. The summed E-state index contributed by atoms with van der Waals surface area (Å²) in [4.78, 5) is 33.4. The molecule has 0 saturated carbocycles. The maximum Gasteiger partial charge on any atom is 0.384 e. The molecule has 1 fully saturated rings. The van der Waals surface area contributed by atoms with Crippen LogP contribution < -0.4 is 16.3 Å². The van der Waals surface area contributed by atoms with E-state index in [9.17, 15) is 14.8 Å². The summed E-state index contributed by atoms with van der Waals surface area (Å²) in [7, 11) is 1.65. The van der Waals surface area contributed by atoms with Crippen LogP contribution in [-0.2, 0) is 0 Å². The van der Waals surface area contributed by atoms with Gasteiger partial charge in [-0.25, -0.2) is 14.6 Å². The minimum absolute atomic E-state index is 0.0259. The van der Waals surface area contributed by atoms with Crippen molar-refractivity contribution in [1.82, 2.24) is 24.9 Å². The summed E-state index contributed by atoms with van der Waals surface area (Å²) in [5.41, 5.74) is 1.36. The zero-order valence-electron chi connectivity index (χ0n) is 16.0. The molecule has 1 aromatic carbocycles. The van der Waals surface area contributed by atoms with Crippen LogP contribution in [0.1, 0.15) is 24.3 Å². The van der Waals surface area contributed by atoms with E-state index in [1.54, 1.807) is 19.2 Å². The standard InChI is InChI=1S/C20H22N6O3/c1-21-19(27)25-11-8-14(9-12-25)13-4-6-15(7-5-13)23-17-16-3-2-10-22-18(16)26(29)20(28)24-17/h2-7,10,14,29H,8-9,11-12H2,1H3,(H,21,27)(H,23,24,28). The lowest BCUT2D eigenvalue weighted by Crippen LogP contribution is -2.42. The van der Waals surface area contributed by atoms with Gasteiger partial charge in [0, 0.05) is 32.0 Å². The van der Waals surface area contributed by atoms with Crippen LogP contribution in [0.4, 0.5) is 16.3 Å². The zero-order chi connectivity index (χ0) is 20.4. The fourth-order valence-electron chi connectivity index (χ4n) is 3.69. The second kappa shape index (κ2) is 7.78. The van der Waals surface area contributed by atoms with Crippen molar-refractivity contribution in [3.63, 3.8) is 0 Å². The van der Waals surface area contributed by atoms with Gasteiger partial charge < -0.3 is 20.7 Å². The molecule has 9 nitrogen and oxygen atoms in total. The molecule has 0 aliphatic carbocycles. The number of pyridine rings is 1. The van der Waals surface area contributed by atoms with E-state index in [4.69, 9.17) is 0 Å². The Morgan fingerprint density at radius 1 is 1.17 bits per heavy atom. The topological polar surface area (TPSA) is 112 Å². The number of aromatic nitrogens is 3. The lowest BCUT2D eigenvalue weighted by atomic mass is 9.89. The van der Waals surface area contributed by atoms with Crippen LogP contribution in [0.15, 0.2) is 47.4 Å². The molecule has 3 aromatic rings. The third-order valence-corrected chi connectivity index (χ3v) is 5.27. The average Bonchev–Trinajstić information content (AvgIpc) is 2.77. The lowest BCUT2D eigenvalue weighted by molar-refractivity contribution is 0.182. The van der Waals surface area contributed by atoms with Gasteiger partial charge in [-0.3, -0.25) is 0 Å². The van der Waals surface area contributed by atoms with Gasteiger partial charge in [0.25, 0.3) is 0 Å². The molecule has 2 aromatic heterocycles. The molecular formula is C20H22N6O3. The normalized spacial score (nSPS) is 14.7. The zero-order valence-corrected chi connectivity index (χ0v) is 16.0. The molecule has 0 spiro atoms. The van der Waals surface area contributed by atoms with Gasteiger partial charge in [0.05, 0.1) is 5.39 Å². The second-order valence-electron chi connectivity index (χ2n) is 6.99. The smallest absolute Gasteiger partial charge is 0.384 e. The minimum atomic E-state index is -0.793. The van der Waals surface area contributed by atoms with Crippen LogP contribution in [0.3, 0.4) is 0 Å². The quantitative estimate of drug-likeness (QED) is 0.588. The fraction of sp³-hybridized carbons (Fsp3) is 0.300. The van der Waals surface area contributed by atoms with Crippen LogP contribution in [0.5, 0.6) is 0 Å². The number of fused-ring (bicyclic) bond motifs is 1. The highest BCUT2D eigenvalue weighted by atomic mass is 16.5. The number of urea groups is 1. The first-order valence-electron chi connectivity index (χ1n) is 9.47. The van der Waals surface area contributed by atoms with E-state index in [1.807, 2.05) is 17.0 Å². The molecule has 150 valence electrons. The van der Waals surface area contributed by atoms with Crippen molar-refractivity contribution in [1.29, 1.82) is 0 Å². The number of piperidine rings is 1. The van der Waals surface area contributed by atoms with E-state index in [1.165, 1.54) is 11.8 Å². The number of nitrogens with one attached hydrogen (secondary N) is 2. The number of amides is 2. The summed E-state index contributed by atoms with van der Waals surface area (Å²) in [6.07, 6.45) is 3.35. The number of carbonyl (C=O) groups excluding carboxylic acids is 1. The van der Waals surface area contributed by atoms with Gasteiger partial charge >= 0.3 is 11.7 Å². The summed E-state index contributed by atoms with van der Waals surface area (Å²) in [5, 5.41) is 16.2. The van der Waals surface area contributed by atoms with Crippen LogP contribution in [0, 0.1) is 0 Å². The molecule has 0 bridgehead atoms. The van der Waals surface area contributed by atoms with Crippen molar-refractivity contribution in [2.45, 2.75) is 18.8 Å². The van der Waals surface area contributed by atoms with Crippen LogP contribution in [0.2, 0.25) is 0 Å². The Morgan fingerprint density at radius 2 is 1.90 bits per heavy atom. The molecule has 3 N–H and O–H groups in total. The molecule has 0 radical (unpaired) electrons. The summed E-state index contributed by atoms with van der Waals surface area (Å²) in [6.45, 7) is 1.48. The van der Waals surface area contributed by atoms with E-state index in [-0.39, 0.29) is 11.7 Å². The first-order valence-corrected chi connectivity index (χ1v) is 9.47. The largest absolute Gasteiger partial charge is 0.422 e. The predicted molar refractivity (Wildman–Crippen MR) is 109 cm³/mol. The fourth-order valence-corrected chi connectivity index (χ4v) is 3.69. The van der Waals surface area contributed by atoms with Crippen molar-refractivity contribution in [3.05, 3.63) is 58.6 Å². The number of hydrogen-bond acceptors (Lipinski definition) is 6. The molecule has 29 heavy (non-hydrogen) atoms. The van der Waals surface area contributed by atoms with E-state index < -0.39 is 5.69 Å². The number of rotatable bonds is 3. The molecule has 3 heterocycles. The average molecular weight is 394 g/mol. The Morgan fingerprint density at radius 3 is 2.59 bits per heavy atom. The molecule has 0 atom stereocenters.